The number of rotatable bonds is 10. The maximum absolute atomic E-state index is 13.1. The molecular formula is C21H26O2S. The third kappa shape index (κ3) is 5.41. The number of allylic oxidation sites excluding steroid dienone is 1. The van der Waals surface area contributed by atoms with Gasteiger partial charge < -0.3 is 4.42 Å². The molecule has 1 atom stereocenters. The lowest BCUT2D eigenvalue weighted by atomic mass is 9.91. The van der Waals surface area contributed by atoms with Crippen molar-refractivity contribution in [2.45, 2.75) is 43.9 Å². The summed E-state index contributed by atoms with van der Waals surface area (Å²) in [7, 11) is 0. The third-order valence-corrected chi connectivity index (χ3v) is 4.91. The van der Waals surface area contributed by atoms with Crippen molar-refractivity contribution in [2.24, 2.45) is 5.92 Å². The van der Waals surface area contributed by atoms with Crippen LogP contribution in [0.4, 0.5) is 0 Å². The van der Waals surface area contributed by atoms with Gasteiger partial charge in [-0.1, -0.05) is 56.9 Å². The summed E-state index contributed by atoms with van der Waals surface area (Å²) in [4.78, 5) is 14.1. The van der Waals surface area contributed by atoms with Gasteiger partial charge in [-0.3, -0.25) is 4.79 Å². The Morgan fingerprint density at radius 2 is 2.00 bits per heavy atom. The van der Waals surface area contributed by atoms with Crippen LogP contribution in [0.15, 0.2) is 58.1 Å². The molecule has 2 rings (SSSR count). The van der Waals surface area contributed by atoms with E-state index in [1.165, 1.54) is 19.3 Å². The first-order valence-corrected chi connectivity index (χ1v) is 9.87. The lowest BCUT2D eigenvalue weighted by molar-refractivity contribution is 0.0936. The van der Waals surface area contributed by atoms with Crippen LogP contribution >= 0.6 is 11.8 Å². The highest BCUT2D eigenvalue weighted by molar-refractivity contribution is 7.98. The number of ketones is 1. The minimum absolute atomic E-state index is 0.0970. The molecule has 0 aliphatic carbocycles. The fourth-order valence-corrected chi connectivity index (χ4v) is 3.35. The number of carbonyl (C=O) groups excluding carboxylic acids is 1. The Labute approximate surface area is 149 Å². The van der Waals surface area contributed by atoms with E-state index in [2.05, 4.69) is 6.92 Å². The second-order valence-corrected chi connectivity index (χ2v) is 6.74. The van der Waals surface area contributed by atoms with Gasteiger partial charge >= 0.3 is 0 Å². The number of hydrogen-bond donors (Lipinski definition) is 0. The maximum Gasteiger partial charge on any atom is 0.170 e. The molecule has 0 spiro atoms. The van der Waals surface area contributed by atoms with Crippen LogP contribution < -0.4 is 0 Å². The van der Waals surface area contributed by atoms with Gasteiger partial charge in [0.25, 0.3) is 0 Å². The van der Waals surface area contributed by atoms with Gasteiger partial charge in [-0.05, 0) is 37.0 Å². The van der Waals surface area contributed by atoms with Crippen LogP contribution in [0.3, 0.4) is 0 Å². The van der Waals surface area contributed by atoms with Crippen molar-refractivity contribution < 1.29 is 9.21 Å². The summed E-state index contributed by atoms with van der Waals surface area (Å²) in [5, 5.41) is 0. The number of furan rings is 1. The molecule has 0 fully saturated rings. The first-order chi connectivity index (χ1) is 11.8. The molecule has 1 unspecified atom stereocenters. The van der Waals surface area contributed by atoms with E-state index in [1.54, 1.807) is 18.0 Å². The Balaban J connectivity index is 2.15. The number of benzene rings is 1. The summed E-state index contributed by atoms with van der Waals surface area (Å²) in [5.74, 6) is 0.902. The lowest BCUT2D eigenvalue weighted by Crippen LogP contribution is -2.13. The van der Waals surface area contributed by atoms with Crippen LogP contribution in [0.1, 0.15) is 55.1 Å². The normalized spacial score (nSPS) is 12.6. The van der Waals surface area contributed by atoms with Gasteiger partial charge in [-0.25, -0.2) is 0 Å². The monoisotopic (exact) mass is 342 g/mol. The van der Waals surface area contributed by atoms with Crippen LogP contribution in [0.2, 0.25) is 0 Å². The van der Waals surface area contributed by atoms with Crippen LogP contribution in [0.5, 0.6) is 0 Å². The molecule has 0 aliphatic rings. The predicted octanol–water partition coefficient (Wildman–Crippen LogP) is 6.48. The Morgan fingerprint density at radius 1 is 1.17 bits per heavy atom. The van der Waals surface area contributed by atoms with Gasteiger partial charge in [0.05, 0.1) is 6.26 Å². The third-order valence-electron chi connectivity index (χ3n) is 4.11. The molecule has 0 amide bonds. The highest BCUT2D eigenvalue weighted by Crippen LogP contribution is 2.26. The van der Waals surface area contributed by atoms with E-state index < -0.39 is 0 Å². The smallest absolute Gasteiger partial charge is 0.170 e. The van der Waals surface area contributed by atoms with E-state index in [9.17, 15) is 4.79 Å². The molecule has 0 saturated carbocycles. The average Bonchev–Trinajstić information content (AvgIpc) is 3.14. The molecule has 0 bridgehead atoms. The zero-order valence-electron chi connectivity index (χ0n) is 14.5. The minimum Gasteiger partial charge on any atom is -0.465 e. The molecular weight excluding hydrogens is 316 g/mol. The molecule has 1 heterocycles. The number of Topliss-reactive ketones (excluding diaryl/α,β-unsaturated/α-hetero) is 1. The van der Waals surface area contributed by atoms with Crippen LogP contribution in [-0.2, 0) is 0 Å². The van der Waals surface area contributed by atoms with Crippen molar-refractivity contribution in [1.82, 2.24) is 0 Å². The van der Waals surface area contributed by atoms with E-state index in [0.29, 0.717) is 0 Å². The van der Waals surface area contributed by atoms with Gasteiger partial charge in [0.15, 0.2) is 5.78 Å². The average molecular weight is 343 g/mol. The largest absolute Gasteiger partial charge is 0.465 e. The Bertz CT molecular complexity index is 644. The Hall–Kier alpha value is -1.74. The number of hydrogen-bond acceptors (Lipinski definition) is 3. The fourth-order valence-electron chi connectivity index (χ4n) is 2.75. The second-order valence-electron chi connectivity index (χ2n) is 5.89. The number of carbonyl (C=O) groups is 1. The first kappa shape index (κ1) is 18.6. The van der Waals surface area contributed by atoms with E-state index in [-0.39, 0.29) is 11.7 Å². The van der Waals surface area contributed by atoms with Crippen molar-refractivity contribution in [3.8, 4) is 0 Å². The van der Waals surface area contributed by atoms with E-state index in [1.807, 2.05) is 54.8 Å². The standard InChI is InChI=1S/C21H26O2S/c1-3-4-5-6-10-17(14-15-18-11-9-16-23-18)21(22)19-12-7-8-13-20(19)24-2/h7-9,11-17H,3-6,10H2,1-2H3/b15-14+. The number of thioether (sulfide) groups is 1. The summed E-state index contributed by atoms with van der Waals surface area (Å²) in [6, 6.07) is 11.6. The van der Waals surface area contributed by atoms with Crippen molar-refractivity contribution in [2.75, 3.05) is 6.26 Å². The topological polar surface area (TPSA) is 30.2 Å². The summed E-state index contributed by atoms with van der Waals surface area (Å²) < 4.78 is 5.36. The zero-order chi connectivity index (χ0) is 17.2. The van der Waals surface area contributed by atoms with Crippen LogP contribution in [0, 0.1) is 5.92 Å². The second kappa shape index (κ2) is 10.2. The summed E-state index contributed by atoms with van der Waals surface area (Å²) in [5.41, 5.74) is 0.828. The molecule has 1 aromatic heterocycles. The quantitative estimate of drug-likeness (QED) is 0.281. The van der Waals surface area contributed by atoms with Crippen LogP contribution in [0.25, 0.3) is 6.08 Å². The van der Waals surface area contributed by atoms with Gasteiger partial charge in [0.1, 0.15) is 5.76 Å². The molecule has 2 nitrogen and oxygen atoms in total. The SMILES string of the molecule is CCCCCCC(/C=C/c1ccco1)C(=O)c1ccccc1SC. The highest BCUT2D eigenvalue weighted by atomic mass is 32.2. The molecule has 128 valence electrons. The van der Waals surface area contributed by atoms with Crippen LogP contribution in [-0.4, -0.2) is 12.0 Å². The summed E-state index contributed by atoms with van der Waals surface area (Å²) >= 11 is 1.63. The molecule has 0 aliphatic heterocycles. The first-order valence-electron chi connectivity index (χ1n) is 8.65. The van der Waals surface area contributed by atoms with Crippen molar-refractivity contribution in [3.05, 3.63) is 60.1 Å². The molecule has 0 saturated heterocycles. The van der Waals surface area contributed by atoms with E-state index >= 15 is 0 Å². The highest BCUT2D eigenvalue weighted by Gasteiger charge is 2.19. The Morgan fingerprint density at radius 3 is 2.71 bits per heavy atom. The van der Waals surface area contributed by atoms with Gasteiger partial charge in [-0.2, -0.15) is 0 Å². The molecule has 0 radical (unpaired) electrons. The molecule has 3 heteroatoms. The van der Waals surface area contributed by atoms with Crippen molar-refractivity contribution in [3.63, 3.8) is 0 Å². The minimum atomic E-state index is -0.0970. The van der Waals surface area contributed by atoms with E-state index in [0.717, 1.165) is 29.1 Å². The van der Waals surface area contributed by atoms with Gasteiger partial charge in [0, 0.05) is 16.4 Å². The fraction of sp³-hybridized carbons (Fsp3) is 0.381. The summed E-state index contributed by atoms with van der Waals surface area (Å²) in [6.45, 7) is 2.20. The lowest BCUT2D eigenvalue weighted by Gasteiger charge is -2.14. The maximum atomic E-state index is 13.1. The van der Waals surface area contributed by atoms with Gasteiger partial charge in [0.2, 0.25) is 0 Å². The zero-order valence-corrected chi connectivity index (χ0v) is 15.4. The molecule has 2 aromatic rings. The molecule has 24 heavy (non-hydrogen) atoms. The Kier molecular flexibility index (Phi) is 7.90. The van der Waals surface area contributed by atoms with Crippen molar-refractivity contribution in [1.29, 1.82) is 0 Å². The van der Waals surface area contributed by atoms with Gasteiger partial charge in [-0.15, -0.1) is 11.8 Å². The number of unbranched alkanes of at least 4 members (excludes halogenated alkanes) is 3. The summed E-state index contributed by atoms with van der Waals surface area (Å²) in [6.07, 6.45) is 13.2. The van der Waals surface area contributed by atoms with E-state index in [4.69, 9.17) is 4.42 Å². The molecule has 0 N–H and O–H groups in total. The predicted molar refractivity (Wildman–Crippen MR) is 103 cm³/mol. The van der Waals surface area contributed by atoms with Crippen molar-refractivity contribution >= 4 is 23.6 Å². The molecule has 1 aromatic carbocycles.